The van der Waals surface area contributed by atoms with E-state index in [4.69, 9.17) is 14.2 Å². The number of rotatable bonds is 6. The molecule has 0 aliphatic carbocycles. The number of piperidine rings is 1. The van der Waals surface area contributed by atoms with Crippen molar-refractivity contribution in [3.8, 4) is 11.5 Å². The first-order chi connectivity index (χ1) is 15.1. The molecular weight excluding hydrogens is 399 g/mol. The number of hydrogen-bond donors (Lipinski definition) is 1. The van der Waals surface area contributed by atoms with Crippen LogP contribution < -0.4 is 14.8 Å². The molecule has 164 valence electrons. The standard InChI is InChI=1S/C24H27FN2O4/c25-19-4-1-16(2-5-19)13-29-14-21-15-30-23-10-18(3-6-22(23)31-21)24(28)26-20-9-17-7-8-27(11-17)12-20/h1-6,10,17,20-21H,7-9,11-15H2,(H,26,28)/t17-,20+,21-/m0/s1. The molecule has 2 saturated heterocycles. The lowest BCUT2D eigenvalue weighted by atomic mass is 9.96. The first-order valence-electron chi connectivity index (χ1n) is 10.9. The van der Waals surface area contributed by atoms with Gasteiger partial charge in [0, 0.05) is 24.7 Å². The van der Waals surface area contributed by atoms with Crippen molar-refractivity contribution in [1.82, 2.24) is 10.2 Å². The normalized spacial score (nSPS) is 26.5. The Bertz CT molecular complexity index is 924. The van der Waals surface area contributed by atoms with Crippen LogP contribution in [0, 0.1) is 11.7 Å². The van der Waals surface area contributed by atoms with Crippen LogP contribution in [-0.4, -0.2) is 55.8 Å². The zero-order valence-electron chi connectivity index (χ0n) is 17.4. The average Bonchev–Trinajstić information content (AvgIpc) is 3.12. The van der Waals surface area contributed by atoms with Crippen molar-refractivity contribution in [1.29, 1.82) is 0 Å². The largest absolute Gasteiger partial charge is 0.486 e. The van der Waals surface area contributed by atoms with E-state index in [-0.39, 0.29) is 23.9 Å². The van der Waals surface area contributed by atoms with Gasteiger partial charge in [-0.3, -0.25) is 4.79 Å². The molecule has 1 unspecified atom stereocenters. The van der Waals surface area contributed by atoms with Crippen LogP contribution in [0.4, 0.5) is 4.39 Å². The highest BCUT2D eigenvalue weighted by Crippen LogP contribution is 2.33. The predicted octanol–water partition coefficient (Wildman–Crippen LogP) is 3.01. The first-order valence-corrected chi connectivity index (χ1v) is 10.9. The second kappa shape index (κ2) is 8.85. The van der Waals surface area contributed by atoms with Gasteiger partial charge >= 0.3 is 0 Å². The highest BCUT2D eigenvalue weighted by molar-refractivity contribution is 5.95. The number of carbonyl (C=O) groups excluding carboxylic acids is 1. The lowest BCUT2D eigenvalue weighted by Crippen LogP contribution is -2.47. The summed E-state index contributed by atoms with van der Waals surface area (Å²) < 4.78 is 30.5. The summed E-state index contributed by atoms with van der Waals surface area (Å²) in [7, 11) is 0. The highest BCUT2D eigenvalue weighted by Gasteiger charge is 2.33. The van der Waals surface area contributed by atoms with E-state index in [1.807, 2.05) is 0 Å². The summed E-state index contributed by atoms with van der Waals surface area (Å²) in [6.07, 6.45) is 2.07. The number of nitrogens with one attached hydrogen (secondary N) is 1. The van der Waals surface area contributed by atoms with Crippen LogP contribution in [0.1, 0.15) is 28.8 Å². The zero-order chi connectivity index (χ0) is 21.2. The van der Waals surface area contributed by atoms with Crippen molar-refractivity contribution in [2.75, 3.05) is 32.8 Å². The number of ether oxygens (including phenoxy) is 3. The van der Waals surface area contributed by atoms with Crippen molar-refractivity contribution in [3.05, 3.63) is 59.4 Å². The molecular formula is C24H27FN2O4. The highest BCUT2D eigenvalue weighted by atomic mass is 19.1. The molecule has 0 aromatic heterocycles. The summed E-state index contributed by atoms with van der Waals surface area (Å²) in [4.78, 5) is 15.2. The van der Waals surface area contributed by atoms with E-state index in [1.54, 1.807) is 30.3 Å². The molecule has 31 heavy (non-hydrogen) atoms. The van der Waals surface area contributed by atoms with Gasteiger partial charge in [-0.05, 0) is 61.2 Å². The molecule has 3 aliphatic rings. The molecule has 5 rings (SSSR count). The monoisotopic (exact) mass is 426 g/mol. The van der Waals surface area contributed by atoms with Gasteiger partial charge in [-0.15, -0.1) is 0 Å². The second-order valence-corrected chi connectivity index (χ2v) is 8.67. The number of carbonyl (C=O) groups is 1. The summed E-state index contributed by atoms with van der Waals surface area (Å²) in [5.41, 5.74) is 1.48. The maximum Gasteiger partial charge on any atom is 0.251 e. The summed E-state index contributed by atoms with van der Waals surface area (Å²) in [6.45, 7) is 4.35. The number of benzene rings is 2. The van der Waals surface area contributed by atoms with Crippen LogP contribution in [0.2, 0.25) is 0 Å². The molecule has 6 nitrogen and oxygen atoms in total. The van der Waals surface area contributed by atoms with Gasteiger partial charge in [0.2, 0.25) is 0 Å². The van der Waals surface area contributed by atoms with Gasteiger partial charge in [0.1, 0.15) is 12.4 Å². The molecule has 2 aromatic carbocycles. The zero-order valence-corrected chi connectivity index (χ0v) is 17.4. The Hall–Kier alpha value is -2.64. The third-order valence-corrected chi connectivity index (χ3v) is 6.21. The van der Waals surface area contributed by atoms with E-state index in [0.29, 0.717) is 42.8 Å². The first kappa shape index (κ1) is 20.3. The smallest absolute Gasteiger partial charge is 0.251 e. The number of nitrogens with zero attached hydrogens (tertiary/aromatic N) is 1. The van der Waals surface area contributed by atoms with Crippen LogP contribution in [0.5, 0.6) is 11.5 Å². The van der Waals surface area contributed by atoms with Gasteiger partial charge in [-0.25, -0.2) is 4.39 Å². The van der Waals surface area contributed by atoms with E-state index < -0.39 is 0 Å². The average molecular weight is 426 g/mol. The molecule has 1 amide bonds. The van der Waals surface area contributed by atoms with Crippen LogP contribution in [0.25, 0.3) is 0 Å². The fourth-order valence-electron chi connectivity index (χ4n) is 4.66. The van der Waals surface area contributed by atoms with Gasteiger partial charge < -0.3 is 24.4 Å². The van der Waals surface area contributed by atoms with Crippen LogP contribution >= 0.6 is 0 Å². The van der Waals surface area contributed by atoms with E-state index in [2.05, 4.69) is 10.2 Å². The number of halogens is 1. The Morgan fingerprint density at radius 3 is 2.87 bits per heavy atom. The molecule has 2 bridgehead atoms. The molecule has 0 spiro atoms. The lowest BCUT2D eigenvalue weighted by Gasteiger charge is -2.30. The van der Waals surface area contributed by atoms with Crippen molar-refractivity contribution in [3.63, 3.8) is 0 Å². The van der Waals surface area contributed by atoms with Gasteiger partial charge in [0.25, 0.3) is 5.91 Å². The fourth-order valence-corrected chi connectivity index (χ4v) is 4.66. The van der Waals surface area contributed by atoms with Gasteiger partial charge in [0.15, 0.2) is 17.6 Å². The number of amides is 1. The number of hydrogen-bond acceptors (Lipinski definition) is 5. The summed E-state index contributed by atoms with van der Waals surface area (Å²) in [5.74, 6) is 1.57. The molecule has 0 saturated carbocycles. The Balaban J connectivity index is 1.13. The van der Waals surface area contributed by atoms with E-state index in [9.17, 15) is 9.18 Å². The van der Waals surface area contributed by atoms with E-state index in [1.165, 1.54) is 25.1 Å². The summed E-state index contributed by atoms with van der Waals surface area (Å²) >= 11 is 0. The van der Waals surface area contributed by atoms with Gasteiger partial charge in [-0.2, -0.15) is 0 Å². The minimum atomic E-state index is -0.263. The summed E-state index contributed by atoms with van der Waals surface area (Å²) in [5, 5.41) is 3.18. The molecule has 4 atom stereocenters. The predicted molar refractivity (Wildman–Crippen MR) is 113 cm³/mol. The Labute approximate surface area is 181 Å². The third kappa shape index (κ3) is 4.83. The summed E-state index contributed by atoms with van der Waals surface area (Å²) in [6, 6.07) is 11.7. The van der Waals surface area contributed by atoms with E-state index >= 15 is 0 Å². The maximum absolute atomic E-state index is 13.0. The third-order valence-electron chi connectivity index (χ3n) is 6.21. The molecule has 3 heterocycles. The Morgan fingerprint density at radius 1 is 1.16 bits per heavy atom. The maximum atomic E-state index is 13.0. The minimum absolute atomic E-state index is 0.0661. The SMILES string of the molecule is O=C(N[C@@H]1C[C@@H]2CCN(C2)C1)c1ccc2c(c1)OC[C@H](COCc1ccc(F)cc1)O2. The van der Waals surface area contributed by atoms with Gasteiger partial charge in [-0.1, -0.05) is 12.1 Å². The van der Waals surface area contributed by atoms with Crippen molar-refractivity contribution >= 4 is 5.91 Å². The Kier molecular flexibility index (Phi) is 5.78. The quantitative estimate of drug-likeness (QED) is 0.770. The molecule has 3 aliphatic heterocycles. The molecule has 2 fully saturated rings. The van der Waals surface area contributed by atoms with Crippen molar-refractivity contribution < 1.29 is 23.4 Å². The topological polar surface area (TPSA) is 60.0 Å². The Morgan fingerprint density at radius 2 is 2.03 bits per heavy atom. The molecule has 7 heteroatoms. The molecule has 1 N–H and O–H groups in total. The van der Waals surface area contributed by atoms with Crippen LogP contribution in [-0.2, 0) is 11.3 Å². The molecule has 0 radical (unpaired) electrons. The van der Waals surface area contributed by atoms with Crippen molar-refractivity contribution in [2.45, 2.75) is 31.6 Å². The van der Waals surface area contributed by atoms with E-state index in [0.717, 1.165) is 25.1 Å². The van der Waals surface area contributed by atoms with Crippen molar-refractivity contribution in [2.24, 2.45) is 5.92 Å². The number of fused-ring (bicyclic) bond motifs is 3. The second-order valence-electron chi connectivity index (χ2n) is 8.67. The molecule has 2 aromatic rings. The van der Waals surface area contributed by atoms with Crippen LogP contribution in [0.3, 0.4) is 0 Å². The van der Waals surface area contributed by atoms with Gasteiger partial charge in [0.05, 0.1) is 13.2 Å². The fraction of sp³-hybridized carbons (Fsp3) is 0.458. The lowest BCUT2D eigenvalue weighted by molar-refractivity contribution is 0.00267. The van der Waals surface area contributed by atoms with Crippen LogP contribution in [0.15, 0.2) is 42.5 Å². The minimum Gasteiger partial charge on any atom is -0.486 e.